The molecule has 1 aromatic rings. The molecule has 7 heteroatoms. The molecule has 1 unspecified atom stereocenters. The number of hydrogen-bond donors (Lipinski definition) is 1. The second-order valence-corrected chi connectivity index (χ2v) is 9.56. The fourth-order valence-electron chi connectivity index (χ4n) is 3.79. The molecule has 1 atom stereocenters. The molecule has 0 spiro atoms. The van der Waals surface area contributed by atoms with Crippen molar-refractivity contribution >= 4 is 27.1 Å². The molecule has 2 heterocycles. The second kappa shape index (κ2) is 8.29. The van der Waals surface area contributed by atoms with E-state index in [1.165, 1.54) is 25.7 Å². The summed E-state index contributed by atoms with van der Waals surface area (Å²) in [4.78, 5) is 16.5. The van der Waals surface area contributed by atoms with E-state index in [0.717, 1.165) is 24.5 Å². The molecule has 2 fully saturated rings. The molecule has 0 saturated carbocycles. The zero-order chi connectivity index (χ0) is 18.6. The average molecular weight is 380 g/mol. The van der Waals surface area contributed by atoms with E-state index in [1.54, 1.807) is 11.9 Å². The Balaban J connectivity index is 1.61. The number of sulfone groups is 1. The molecule has 144 valence electrons. The van der Waals surface area contributed by atoms with Gasteiger partial charge in [0.1, 0.15) is 0 Å². The number of para-hydroxylation sites is 2. The summed E-state index contributed by atoms with van der Waals surface area (Å²) in [6, 6.07) is 7.92. The Labute approximate surface area is 156 Å². The van der Waals surface area contributed by atoms with Gasteiger partial charge < -0.3 is 15.1 Å². The first kappa shape index (κ1) is 19.0. The maximum Gasteiger partial charge on any atom is 0.241 e. The Morgan fingerprint density at radius 3 is 2.54 bits per heavy atom. The van der Waals surface area contributed by atoms with E-state index in [0.29, 0.717) is 6.42 Å². The van der Waals surface area contributed by atoms with Gasteiger partial charge in [0.15, 0.2) is 9.84 Å². The fourth-order valence-corrected chi connectivity index (χ4v) is 5.56. The molecule has 1 aromatic carbocycles. The summed E-state index contributed by atoms with van der Waals surface area (Å²) in [6.45, 7) is 2.27. The Hall–Kier alpha value is -1.76. The van der Waals surface area contributed by atoms with Crippen LogP contribution in [0, 0.1) is 0 Å². The molecule has 0 bridgehead atoms. The number of benzene rings is 1. The van der Waals surface area contributed by atoms with Crippen LogP contribution in [0.3, 0.4) is 0 Å². The molecule has 26 heavy (non-hydrogen) atoms. The van der Waals surface area contributed by atoms with Crippen molar-refractivity contribution in [3.8, 4) is 0 Å². The van der Waals surface area contributed by atoms with Crippen LogP contribution < -0.4 is 10.2 Å². The fraction of sp³-hybridized carbons (Fsp3) is 0.632. The van der Waals surface area contributed by atoms with E-state index < -0.39 is 9.84 Å². The first-order chi connectivity index (χ1) is 12.5. The number of hydrogen-bond acceptors (Lipinski definition) is 5. The first-order valence-corrected chi connectivity index (χ1v) is 11.3. The Kier molecular flexibility index (Phi) is 6.06. The van der Waals surface area contributed by atoms with Gasteiger partial charge >= 0.3 is 0 Å². The summed E-state index contributed by atoms with van der Waals surface area (Å²) in [5.41, 5.74) is 2.11. The summed E-state index contributed by atoms with van der Waals surface area (Å²) in [5, 5.41) is 3.27. The Morgan fingerprint density at radius 2 is 1.88 bits per heavy atom. The number of nitrogens with zero attached hydrogens (tertiary/aromatic N) is 2. The number of anilines is 2. The molecule has 0 radical (unpaired) electrons. The summed E-state index contributed by atoms with van der Waals surface area (Å²) < 4.78 is 23.3. The smallest absolute Gasteiger partial charge is 0.241 e. The first-order valence-electron chi connectivity index (χ1n) is 9.50. The molecule has 2 aliphatic rings. The lowest BCUT2D eigenvalue weighted by atomic mass is 10.2. The van der Waals surface area contributed by atoms with Crippen LogP contribution in [0.25, 0.3) is 0 Å². The van der Waals surface area contributed by atoms with Gasteiger partial charge in [0.05, 0.1) is 29.4 Å². The molecule has 2 aliphatic heterocycles. The Bertz CT molecular complexity index is 727. The van der Waals surface area contributed by atoms with E-state index >= 15 is 0 Å². The molecule has 6 nitrogen and oxygen atoms in total. The number of nitrogens with one attached hydrogen (secondary N) is 1. The minimum absolute atomic E-state index is 0.0715. The summed E-state index contributed by atoms with van der Waals surface area (Å²) >= 11 is 0. The number of carbonyl (C=O) groups is 1. The van der Waals surface area contributed by atoms with E-state index in [9.17, 15) is 13.2 Å². The van der Waals surface area contributed by atoms with Gasteiger partial charge in [-0.1, -0.05) is 25.0 Å². The van der Waals surface area contributed by atoms with E-state index in [1.807, 2.05) is 18.2 Å². The molecule has 2 saturated heterocycles. The van der Waals surface area contributed by atoms with Crippen LogP contribution in [0.4, 0.5) is 11.4 Å². The normalized spacial score (nSPS) is 22.7. The maximum absolute atomic E-state index is 12.5. The lowest BCUT2D eigenvalue weighted by Crippen LogP contribution is -2.41. The van der Waals surface area contributed by atoms with Crippen molar-refractivity contribution in [1.29, 1.82) is 0 Å². The highest BCUT2D eigenvalue weighted by Gasteiger charge is 2.32. The predicted octanol–water partition coefficient (Wildman–Crippen LogP) is 2.12. The number of likely N-dealkylation sites (N-methyl/N-ethyl adjacent to an activating group) is 1. The van der Waals surface area contributed by atoms with Crippen molar-refractivity contribution in [2.75, 3.05) is 48.4 Å². The van der Waals surface area contributed by atoms with E-state index in [2.05, 4.69) is 16.3 Å². The molecular formula is C19H29N3O3S. The average Bonchev–Trinajstić information content (AvgIpc) is 2.84. The van der Waals surface area contributed by atoms with Crippen LogP contribution in [0.15, 0.2) is 24.3 Å². The minimum Gasteiger partial charge on any atom is -0.374 e. The number of amides is 1. The highest BCUT2D eigenvalue weighted by atomic mass is 32.2. The molecule has 1 amide bonds. The van der Waals surface area contributed by atoms with Gasteiger partial charge in [0.25, 0.3) is 0 Å². The van der Waals surface area contributed by atoms with Crippen LogP contribution in [0.1, 0.15) is 32.1 Å². The summed E-state index contributed by atoms with van der Waals surface area (Å²) in [6.07, 6.45) is 5.49. The quantitative estimate of drug-likeness (QED) is 0.849. The number of rotatable bonds is 5. The second-order valence-electron chi connectivity index (χ2n) is 7.33. The highest BCUT2D eigenvalue weighted by Crippen LogP contribution is 2.28. The highest BCUT2D eigenvalue weighted by molar-refractivity contribution is 7.91. The van der Waals surface area contributed by atoms with Crippen molar-refractivity contribution in [2.45, 2.75) is 38.1 Å². The third kappa shape index (κ3) is 4.69. The summed E-state index contributed by atoms with van der Waals surface area (Å²) in [7, 11) is -1.28. The zero-order valence-corrected chi connectivity index (χ0v) is 16.3. The van der Waals surface area contributed by atoms with Crippen molar-refractivity contribution in [1.82, 2.24) is 4.90 Å². The van der Waals surface area contributed by atoms with Gasteiger partial charge in [0.2, 0.25) is 5.91 Å². The zero-order valence-electron chi connectivity index (χ0n) is 15.5. The SMILES string of the molecule is CN(C(=O)CNc1ccccc1N1CCCCCC1)C1CCS(=O)(=O)C1. The minimum atomic E-state index is -2.99. The van der Waals surface area contributed by atoms with Crippen molar-refractivity contribution in [2.24, 2.45) is 0 Å². The van der Waals surface area contributed by atoms with E-state index in [-0.39, 0.29) is 30.0 Å². The Morgan fingerprint density at radius 1 is 1.19 bits per heavy atom. The molecular weight excluding hydrogens is 350 g/mol. The van der Waals surface area contributed by atoms with Gasteiger partial charge in [-0.2, -0.15) is 0 Å². The van der Waals surface area contributed by atoms with Crippen molar-refractivity contribution < 1.29 is 13.2 Å². The topological polar surface area (TPSA) is 69.7 Å². The molecule has 0 aliphatic carbocycles. The van der Waals surface area contributed by atoms with Crippen LogP contribution in [0.5, 0.6) is 0 Å². The maximum atomic E-state index is 12.5. The predicted molar refractivity (Wildman–Crippen MR) is 105 cm³/mol. The van der Waals surface area contributed by atoms with Gasteiger partial charge in [0, 0.05) is 26.2 Å². The van der Waals surface area contributed by atoms with E-state index in [4.69, 9.17) is 0 Å². The monoisotopic (exact) mass is 379 g/mol. The van der Waals surface area contributed by atoms with Crippen LogP contribution in [-0.2, 0) is 14.6 Å². The van der Waals surface area contributed by atoms with Crippen LogP contribution in [-0.4, -0.2) is 63.5 Å². The molecule has 1 N–H and O–H groups in total. The largest absolute Gasteiger partial charge is 0.374 e. The third-order valence-electron chi connectivity index (χ3n) is 5.43. The van der Waals surface area contributed by atoms with Crippen molar-refractivity contribution in [3.63, 3.8) is 0 Å². The van der Waals surface area contributed by atoms with Gasteiger partial charge in [-0.3, -0.25) is 4.79 Å². The summed E-state index contributed by atoms with van der Waals surface area (Å²) in [5.74, 6) is 0.192. The van der Waals surface area contributed by atoms with Gasteiger partial charge in [-0.15, -0.1) is 0 Å². The van der Waals surface area contributed by atoms with Gasteiger partial charge in [-0.25, -0.2) is 8.42 Å². The standard InChI is InChI=1S/C19H29N3O3S/c1-21(16-10-13-26(24,25)15-16)19(23)14-20-17-8-4-5-9-18(17)22-11-6-2-3-7-12-22/h4-5,8-9,16,20H,2-3,6-7,10-15H2,1H3. The third-order valence-corrected chi connectivity index (χ3v) is 7.18. The lowest BCUT2D eigenvalue weighted by Gasteiger charge is -2.27. The van der Waals surface area contributed by atoms with Gasteiger partial charge in [-0.05, 0) is 31.4 Å². The van der Waals surface area contributed by atoms with Crippen LogP contribution in [0.2, 0.25) is 0 Å². The van der Waals surface area contributed by atoms with Crippen LogP contribution >= 0.6 is 0 Å². The molecule has 3 rings (SSSR count). The number of carbonyl (C=O) groups excluding carboxylic acids is 1. The lowest BCUT2D eigenvalue weighted by molar-refractivity contribution is -0.129. The molecule has 0 aromatic heterocycles. The van der Waals surface area contributed by atoms with Crippen molar-refractivity contribution in [3.05, 3.63) is 24.3 Å².